The third kappa shape index (κ3) is 11.5. The van der Waals surface area contributed by atoms with Gasteiger partial charge in [-0.05, 0) is 12.8 Å². The Hall–Kier alpha value is 0.733. The molecular weight excluding hydrogens is 216 g/mol. The van der Waals surface area contributed by atoms with Crippen LogP contribution in [0.2, 0.25) is 0 Å². The second-order valence-electron chi connectivity index (χ2n) is 1.79. The SMILES string of the molecule is CCCCC=[SH]C(N)=S.[Zn]. The largest absolute Gasteiger partial charge is 0.385 e. The third-order valence-electron chi connectivity index (χ3n) is 0.905. The van der Waals surface area contributed by atoms with Gasteiger partial charge in [0.2, 0.25) is 0 Å². The summed E-state index contributed by atoms with van der Waals surface area (Å²) in [5.74, 6) is 0. The molecule has 2 N–H and O–H groups in total. The molecule has 0 spiro atoms. The molecule has 0 saturated heterocycles. The van der Waals surface area contributed by atoms with Crippen LogP contribution in [0.1, 0.15) is 26.2 Å². The average molecular weight is 229 g/mol. The second kappa shape index (κ2) is 9.73. The maximum Gasteiger partial charge on any atom is 0.122 e. The number of unbranched alkanes of at least 4 members (excludes halogenated alkanes) is 2. The molecule has 0 amide bonds. The fraction of sp³-hybridized carbons (Fsp3) is 0.667. The van der Waals surface area contributed by atoms with E-state index in [-0.39, 0.29) is 19.5 Å². The van der Waals surface area contributed by atoms with Gasteiger partial charge in [-0.25, -0.2) is 0 Å². The smallest absolute Gasteiger partial charge is 0.122 e. The average Bonchev–Trinajstić information content (AvgIpc) is 1.80. The van der Waals surface area contributed by atoms with Crippen LogP contribution in [-0.4, -0.2) is 9.69 Å². The quantitative estimate of drug-likeness (QED) is 0.333. The van der Waals surface area contributed by atoms with Crippen LogP contribution < -0.4 is 5.73 Å². The monoisotopic (exact) mass is 227 g/mol. The molecule has 0 bridgehead atoms. The van der Waals surface area contributed by atoms with Gasteiger partial charge in [0.1, 0.15) is 4.32 Å². The van der Waals surface area contributed by atoms with Gasteiger partial charge in [0, 0.05) is 19.5 Å². The van der Waals surface area contributed by atoms with E-state index >= 15 is 0 Å². The maximum absolute atomic E-state index is 5.26. The zero-order valence-corrected chi connectivity index (χ0v) is 11.0. The molecule has 0 rings (SSSR count). The fourth-order valence-corrected chi connectivity index (χ4v) is 1.17. The van der Waals surface area contributed by atoms with E-state index in [0.29, 0.717) is 4.32 Å². The summed E-state index contributed by atoms with van der Waals surface area (Å²) < 4.78 is 0.575. The van der Waals surface area contributed by atoms with Gasteiger partial charge >= 0.3 is 0 Å². The molecule has 0 heterocycles. The van der Waals surface area contributed by atoms with Crippen molar-refractivity contribution in [1.82, 2.24) is 0 Å². The number of rotatable bonds is 3. The molecule has 0 aliphatic carbocycles. The molecule has 0 aromatic carbocycles. The molecule has 0 aromatic rings. The van der Waals surface area contributed by atoms with Gasteiger partial charge in [0.05, 0.1) is 0 Å². The van der Waals surface area contributed by atoms with E-state index in [9.17, 15) is 0 Å². The Labute approximate surface area is 84.5 Å². The number of hydrogen-bond donors (Lipinski definition) is 2. The van der Waals surface area contributed by atoms with E-state index in [2.05, 4.69) is 24.5 Å². The predicted molar refractivity (Wildman–Crippen MR) is 51.4 cm³/mol. The van der Waals surface area contributed by atoms with Crippen molar-refractivity contribution in [2.75, 3.05) is 0 Å². The summed E-state index contributed by atoms with van der Waals surface area (Å²) in [6, 6.07) is 0. The Morgan fingerprint density at radius 2 is 2.30 bits per heavy atom. The van der Waals surface area contributed by atoms with E-state index < -0.39 is 0 Å². The topological polar surface area (TPSA) is 26.0 Å². The summed E-state index contributed by atoms with van der Waals surface area (Å²) in [5, 5.41) is 2.12. The van der Waals surface area contributed by atoms with Crippen LogP contribution in [-0.2, 0) is 19.5 Å². The van der Waals surface area contributed by atoms with Crippen molar-refractivity contribution in [1.29, 1.82) is 0 Å². The van der Waals surface area contributed by atoms with Crippen molar-refractivity contribution in [2.24, 2.45) is 5.73 Å². The minimum absolute atomic E-state index is 0. The van der Waals surface area contributed by atoms with E-state index in [1.807, 2.05) is 0 Å². The van der Waals surface area contributed by atoms with Gasteiger partial charge in [-0.15, -0.1) is 11.4 Å². The van der Waals surface area contributed by atoms with E-state index in [4.69, 9.17) is 5.73 Å². The van der Waals surface area contributed by atoms with Crippen molar-refractivity contribution in [3.63, 3.8) is 0 Å². The van der Waals surface area contributed by atoms with Crippen molar-refractivity contribution in [2.45, 2.75) is 26.2 Å². The van der Waals surface area contributed by atoms with Crippen molar-refractivity contribution < 1.29 is 19.5 Å². The van der Waals surface area contributed by atoms with Gasteiger partial charge in [-0.3, -0.25) is 0 Å². The van der Waals surface area contributed by atoms with Gasteiger partial charge in [0.15, 0.2) is 0 Å². The summed E-state index contributed by atoms with van der Waals surface area (Å²) in [4.78, 5) is 0. The molecule has 0 atom stereocenters. The molecule has 0 saturated carbocycles. The van der Waals surface area contributed by atoms with Gasteiger partial charge in [-0.1, -0.05) is 30.9 Å². The summed E-state index contributed by atoms with van der Waals surface area (Å²) >= 11 is 5.70. The molecule has 10 heavy (non-hydrogen) atoms. The maximum atomic E-state index is 5.26. The second-order valence-corrected chi connectivity index (χ2v) is 3.64. The normalized spacial score (nSPS) is 10.1. The molecule has 0 aliphatic rings. The van der Waals surface area contributed by atoms with Crippen LogP contribution in [0.25, 0.3) is 0 Å². The first-order valence-corrected chi connectivity index (χ1v) is 4.46. The van der Waals surface area contributed by atoms with Crippen LogP contribution in [0.5, 0.6) is 0 Å². The molecule has 0 aromatic heterocycles. The first-order valence-electron chi connectivity index (χ1n) is 3.09. The van der Waals surface area contributed by atoms with Gasteiger partial charge < -0.3 is 5.73 Å². The number of thiocarbonyl (C=S) groups is 1. The standard InChI is InChI=1S/C6H13NS2.Zn/c1-2-3-4-5-9-6(7)8;/h5,9H,2-4H2,1H3,(H2,7,8);. The van der Waals surface area contributed by atoms with Gasteiger partial charge in [0.25, 0.3) is 0 Å². The fourth-order valence-electron chi connectivity index (χ4n) is 0.450. The first-order chi connectivity index (χ1) is 4.27. The summed E-state index contributed by atoms with van der Waals surface area (Å²) in [7, 11) is 0. The Bertz CT molecular complexity index is 114. The van der Waals surface area contributed by atoms with E-state index in [1.165, 1.54) is 12.8 Å². The first kappa shape index (κ1) is 13.3. The zero-order valence-electron chi connectivity index (χ0n) is 6.34. The molecule has 0 fully saturated rings. The van der Waals surface area contributed by atoms with Crippen LogP contribution in [0.4, 0.5) is 0 Å². The van der Waals surface area contributed by atoms with Crippen LogP contribution >= 0.6 is 23.6 Å². The molecule has 0 aliphatic heterocycles. The number of nitrogens with two attached hydrogens (primary N) is 1. The molecular formula is C6H13NS2Zn. The van der Waals surface area contributed by atoms with Crippen LogP contribution in [0.3, 0.4) is 0 Å². The summed E-state index contributed by atoms with van der Waals surface area (Å²) in [6.45, 7) is 2.17. The van der Waals surface area contributed by atoms with Crippen molar-refractivity contribution in [3.05, 3.63) is 0 Å². The van der Waals surface area contributed by atoms with Crippen LogP contribution in [0.15, 0.2) is 0 Å². The number of hydrogen-bond acceptors (Lipinski definition) is 1. The minimum Gasteiger partial charge on any atom is -0.385 e. The minimum atomic E-state index is 0. The summed E-state index contributed by atoms with van der Waals surface area (Å²) in [6.07, 6.45) is 3.62. The Morgan fingerprint density at radius 1 is 1.70 bits per heavy atom. The van der Waals surface area contributed by atoms with Crippen LogP contribution in [0, 0.1) is 0 Å². The summed E-state index contributed by atoms with van der Waals surface area (Å²) in [5.41, 5.74) is 5.26. The van der Waals surface area contributed by atoms with E-state index in [1.54, 1.807) is 0 Å². The molecule has 4 heteroatoms. The molecule has 1 nitrogen and oxygen atoms in total. The Kier molecular flexibility index (Phi) is 13.0. The van der Waals surface area contributed by atoms with Crippen molar-refractivity contribution >= 4 is 33.3 Å². The Balaban J connectivity index is 0. The van der Waals surface area contributed by atoms with Gasteiger partial charge in [-0.2, -0.15) is 0 Å². The predicted octanol–water partition coefficient (Wildman–Crippen LogP) is 1.69. The molecule has 0 unspecified atom stereocenters. The third-order valence-corrected chi connectivity index (χ3v) is 1.92. The number of thiol groups is 1. The van der Waals surface area contributed by atoms with E-state index in [0.717, 1.165) is 17.8 Å². The molecule has 0 radical (unpaired) electrons. The Morgan fingerprint density at radius 3 is 2.70 bits per heavy atom. The zero-order chi connectivity index (χ0) is 7.11. The van der Waals surface area contributed by atoms with Crippen molar-refractivity contribution in [3.8, 4) is 0 Å². The molecule has 56 valence electrons.